The molecular formula is C36H32Br4O4S2. The molecule has 0 saturated heterocycles. The first-order valence-corrected chi connectivity index (χ1v) is 20.2. The van der Waals surface area contributed by atoms with Gasteiger partial charge in [0, 0.05) is 17.9 Å². The minimum Gasteiger partial charge on any atom is -0.227 e. The monoisotopic (exact) mass is 908 g/mol. The molecule has 0 spiro atoms. The average molecular weight is 912 g/mol. The summed E-state index contributed by atoms with van der Waals surface area (Å²) < 4.78 is 56.0. The summed E-state index contributed by atoms with van der Waals surface area (Å²) in [5.74, 6) is 0. The lowest BCUT2D eigenvalue weighted by Crippen LogP contribution is -2.18. The number of benzene rings is 4. The third kappa shape index (κ3) is 9.39. The van der Waals surface area contributed by atoms with Gasteiger partial charge >= 0.3 is 0 Å². The van der Waals surface area contributed by atoms with Crippen molar-refractivity contribution in [1.82, 2.24) is 0 Å². The Kier molecular flexibility index (Phi) is 14.2. The predicted molar refractivity (Wildman–Crippen MR) is 206 cm³/mol. The van der Waals surface area contributed by atoms with E-state index < -0.39 is 40.7 Å². The second kappa shape index (κ2) is 17.2. The van der Waals surface area contributed by atoms with Crippen molar-refractivity contribution in [3.63, 3.8) is 0 Å². The van der Waals surface area contributed by atoms with Crippen LogP contribution in [-0.2, 0) is 19.7 Å². The molecule has 0 bridgehead atoms. The second-order valence-corrected chi connectivity index (χ2v) is 18.1. The van der Waals surface area contributed by atoms with E-state index in [1.807, 2.05) is 48.5 Å². The van der Waals surface area contributed by atoms with E-state index in [0.717, 1.165) is 17.9 Å². The Labute approximate surface area is 306 Å². The fourth-order valence-corrected chi connectivity index (χ4v) is 9.67. The van der Waals surface area contributed by atoms with Crippen LogP contribution in [0.5, 0.6) is 0 Å². The van der Waals surface area contributed by atoms with Crippen molar-refractivity contribution < 1.29 is 16.8 Å². The highest BCUT2D eigenvalue weighted by molar-refractivity contribution is 9.11. The van der Waals surface area contributed by atoms with Gasteiger partial charge in [-0.1, -0.05) is 137 Å². The zero-order chi connectivity index (χ0) is 34.1. The summed E-state index contributed by atoms with van der Waals surface area (Å²) in [7, 11) is -7.12. The summed E-state index contributed by atoms with van der Waals surface area (Å²) in [6, 6.07) is 28.9. The molecule has 4 rings (SSSR count). The van der Waals surface area contributed by atoms with Crippen LogP contribution in [0.25, 0.3) is 0 Å². The van der Waals surface area contributed by atoms with Crippen LogP contribution < -0.4 is 0 Å². The summed E-state index contributed by atoms with van der Waals surface area (Å²) in [5.41, 5.74) is 2.75. The molecule has 0 heterocycles. The van der Waals surface area contributed by atoms with Crippen LogP contribution in [0.3, 0.4) is 0 Å². The Morgan fingerprint density at radius 3 is 0.652 bits per heavy atom. The molecule has 0 aromatic heterocycles. The lowest BCUT2D eigenvalue weighted by atomic mass is 10.1. The average Bonchev–Trinajstić information content (AvgIpc) is 3.02. The van der Waals surface area contributed by atoms with Crippen LogP contribution >= 0.6 is 63.7 Å². The zero-order valence-electron chi connectivity index (χ0n) is 24.6. The van der Waals surface area contributed by atoms with Gasteiger partial charge in [-0.15, -0.1) is 26.3 Å². The van der Waals surface area contributed by atoms with Crippen LogP contribution in [0.2, 0.25) is 0 Å². The van der Waals surface area contributed by atoms with Gasteiger partial charge in [0.05, 0.1) is 0 Å². The molecule has 10 heteroatoms. The Morgan fingerprint density at radius 2 is 0.522 bits per heavy atom. The van der Waals surface area contributed by atoms with Crippen molar-refractivity contribution >= 4 is 83.4 Å². The van der Waals surface area contributed by atoms with Crippen molar-refractivity contribution in [2.45, 2.75) is 21.0 Å². The van der Waals surface area contributed by atoms with Crippen molar-refractivity contribution in [2.75, 3.05) is 0 Å². The lowest BCUT2D eigenvalue weighted by molar-refractivity contribution is 0.583. The molecule has 240 valence electrons. The molecule has 0 N–H and O–H groups in total. The van der Waals surface area contributed by atoms with Gasteiger partial charge in [0.15, 0.2) is 19.7 Å². The normalized spacial score (nSPS) is 14.0. The Hall–Kier alpha value is -2.34. The van der Waals surface area contributed by atoms with E-state index in [1.165, 1.54) is 24.3 Å². The summed E-state index contributed by atoms with van der Waals surface area (Å²) in [5, 5.41) is -3.16. The number of rotatable bonds is 12. The van der Waals surface area contributed by atoms with Crippen molar-refractivity contribution in [1.29, 1.82) is 0 Å². The van der Waals surface area contributed by atoms with E-state index in [-0.39, 0.29) is 0 Å². The highest BCUT2D eigenvalue weighted by Gasteiger charge is 2.33. The molecule has 0 unspecified atom stereocenters. The minimum atomic E-state index is -3.56. The maximum absolute atomic E-state index is 13.1. The zero-order valence-corrected chi connectivity index (χ0v) is 32.6. The number of hydrogen-bond donors (Lipinski definition) is 0. The summed E-state index contributed by atoms with van der Waals surface area (Å²) in [6.45, 7) is 14.9. The van der Waals surface area contributed by atoms with E-state index in [1.54, 1.807) is 48.5 Å². The smallest absolute Gasteiger partial charge is 0.171 e. The second-order valence-electron chi connectivity index (χ2n) is 10.0. The molecule has 0 saturated carbocycles. The van der Waals surface area contributed by atoms with Gasteiger partial charge in [0.1, 0.15) is 21.0 Å². The molecule has 0 fully saturated rings. The van der Waals surface area contributed by atoms with E-state index >= 15 is 0 Å². The molecule has 4 atom stereocenters. The number of sulfone groups is 2. The highest BCUT2D eigenvalue weighted by Crippen LogP contribution is 2.38. The standard InChI is InChI=1S/2C18H16Br2O2S/c2*1-3-17(13-5-9-15(19)10-6-13)23(21,22)18(4-2)14-7-11-16(20)12-8-14/h2*3-12,17-18H,1-2H2/t2*17-,18-/m11/s1. The molecule has 0 aliphatic rings. The molecule has 0 aliphatic carbocycles. The molecule has 4 nitrogen and oxygen atoms in total. The summed E-state index contributed by atoms with van der Waals surface area (Å²) in [6.07, 6.45) is 5.86. The first kappa shape index (κ1) is 38.1. The van der Waals surface area contributed by atoms with Gasteiger partial charge in [-0.05, 0) is 70.8 Å². The van der Waals surface area contributed by atoms with Gasteiger partial charge in [0.25, 0.3) is 0 Å². The SMILES string of the molecule is C=C[C@H](c1ccc(Br)cc1)S(=O)(=O)[C@H](C=C)c1ccc(Br)cc1.C=C[C@H](c1ccc(Br)cc1)S(=O)(=O)[C@H](C=C)c1ccc(Br)cc1. The summed E-state index contributed by atoms with van der Waals surface area (Å²) >= 11 is 13.4. The Balaban J connectivity index is 0.000000250. The molecule has 0 aliphatic heterocycles. The fourth-order valence-electron chi connectivity index (χ4n) is 4.77. The van der Waals surface area contributed by atoms with Gasteiger partial charge in [0.2, 0.25) is 0 Å². The van der Waals surface area contributed by atoms with Crippen LogP contribution in [0.1, 0.15) is 43.3 Å². The van der Waals surface area contributed by atoms with Gasteiger partial charge in [-0.3, -0.25) is 0 Å². The van der Waals surface area contributed by atoms with Crippen molar-refractivity contribution in [3.8, 4) is 0 Å². The molecule has 0 radical (unpaired) electrons. The van der Waals surface area contributed by atoms with E-state index in [2.05, 4.69) is 90.0 Å². The van der Waals surface area contributed by atoms with E-state index in [4.69, 9.17) is 0 Å². The van der Waals surface area contributed by atoms with Crippen LogP contribution in [0.15, 0.2) is 166 Å². The van der Waals surface area contributed by atoms with Gasteiger partial charge in [-0.2, -0.15) is 0 Å². The molecule has 0 amide bonds. The quantitative estimate of drug-likeness (QED) is 0.133. The molecular weight excluding hydrogens is 880 g/mol. The van der Waals surface area contributed by atoms with Crippen molar-refractivity contribution in [3.05, 3.63) is 188 Å². The van der Waals surface area contributed by atoms with Gasteiger partial charge in [-0.25, -0.2) is 16.8 Å². The number of hydrogen-bond acceptors (Lipinski definition) is 4. The van der Waals surface area contributed by atoms with Crippen LogP contribution in [0, 0.1) is 0 Å². The largest absolute Gasteiger partial charge is 0.227 e. The Morgan fingerprint density at radius 1 is 0.370 bits per heavy atom. The summed E-state index contributed by atoms with van der Waals surface area (Å²) in [4.78, 5) is 0. The van der Waals surface area contributed by atoms with Crippen LogP contribution in [0.4, 0.5) is 0 Å². The first-order chi connectivity index (χ1) is 21.8. The van der Waals surface area contributed by atoms with E-state index in [0.29, 0.717) is 22.3 Å². The molecule has 4 aromatic rings. The highest BCUT2D eigenvalue weighted by atomic mass is 79.9. The number of halogens is 4. The fraction of sp³-hybridized carbons (Fsp3) is 0.111. The third-order valence-corrected chi connectivity index (χ3v) is 13.9. The molecule has 46 heavy (non-hydrogen) atoms. The maximum Gasteiger partial charge on any atom is 0.171 e. The minimum absolute atomic E-state index is 0.687. The maximum atomic E-state index is 13.1. The topological polar surface area (TPSA) is 68.3 Å². The van der Waals surface area contributed by atoms with Crippen molar-refractivity contribution in [2.24, 2.45) is 0 Å². The Bertz CT molecular complexity index is 1600. The predicted octanol–water partition coefficient (Wildman–Crippen LogP) is 11.6. The van der Waals surface area contributed by atoms with E-state index in [9.17, 15) is 16.8 Å². The third-order valence-electron chi connectivity index (χ3n) is 7.07. The molecule has 4 aromatic carbocycles. The van der Waals surface area contributed by atoms with Gasteiger partial charge < -0.3 is 0 Å². The lowest BCUT2D eigenvalue weighted by Gasteiger charge is -2.21. The van der Waals surface area contributed by atoms with Crippen LogP contribution in [-0.4, -0.2) is 16.8 Å². The first-order valence-electron chi connectivity index (χ1n) is 13.8.